The molecule has 1 aliphatic heterocycles. The summed E-state index contributed by atoms with van der Waals surface area (Å²) < 4.78 is 0. The average molecular weight is 263 g/mol. The van der Waals surface area contributed by atoms with E-state index >= 15 is 0 Å². The van der Waals surface area contributed by atoms with Crippen molar-refractivity contribution in [2.45, 2.75) is 18.9 Å². The minimum atomic E-state index is -1.13. The van der Waals surface area contributed by atoms with Gasteiger partial charge >= 0.3 is 5.97 Å². The van der Waals surface area contributed by atoms with Gasteiger partial charge in [0.25, 0.3) is 5.91 Å². The number of rotatable bonds is 3. The van der Waals surface area contributed by atoms with Crippen LogP contribution >= 0.6 is 0 Å². The van der Waals surface area contributed by atoms with Crippen molar-refractivity contribution in [2.75, 3.05) is 20.1 Å². The molecule has 0 unspecified atom stereocenters. The number of carboxylic acid groups (broad SMARTS) is 1. The number of amides is 1. The van der Waals surface area contributed by atoms with E-state index < -0.39 is 5.97 Å². The molecule has 0 aromatic carbocycles. The second-order valence-electron chi connectivity index (χ2n) is 4.61. The number of hydrogen-bond donors (Lipinski definition) is 2. The lowest BCUT2D eigenvalue weighted by atomic mass is 10.1. The summed E-state index contributed by atoms with van der Waals surface area (Å²) >= 11 is 0. The number of nitrogens with zero attached hydrogens (tertiary/aromatic N) is 2. The normalized spacial score (nSPS) is 16.1. The quantitative estimate of drug-likeness (QED) is 0.834. The maximum atomic E-state index is 12.3. The first kappa shape index (κ1) is 13.5. The van der Waals surface area contributed by atoms with Gasteiger partial charge < -0.3 is 15.3 Å². The molecule has 1 saturated heterocycles. The van der Waals surface area contributed by atoms with E-state index in [1.54, 1.807) is 24.1 Å². The van der Waals surface area contributed by atoms with Crippen LogP contribution in [0.25, 0.3) is 0 Å². The molecule has 6 heteroatoms. The standard InChI is InChI=1S/C13H17N3O3/c1-16(9-5-7-14-8-6-9)12(17)10-3-2-4-11(15-10)13(18)19/h2-4,9,14H,5-8H2,1H3,(H,18,19). The van der Waals surface area contributed by atoms with Gasteiger partial charge in [0.1, 0.15) is 11.4 Å². The average Bonchev–Trinajstić information content (AvgIpc) is 2.46. The van der Waals surface area contributed by atoms with Crippen LogP contribution in [-0.2, 0) is 0 Å². The number of carbonyl (C=O) groups is 2. The Morgan fingerprint density at radius 3 is 2.58 bits per heavy atom. The molecule has 0 spiro atoms. The molecule has 1 amide bonds. The first-order chi connectivity index (χ1) is 9.09. The number of piperidine rings is 1. The Kier molecular flexibility index (Phi) is 4.11. The van der Waals surface area contributed by atoms with Crippen LogP contribution in [0.4, 0.5) is 0 Å². The highest BCUT2D eigenvalue weighted by Gasteiger charge is 2.24. The van der Waals surface area contributed by atoms with Gasteiger partial charge in [-0.1, -0.05) is 6.07 Å². The van der Waals surface area contributed by atoms with Gasteiger partial charge in [0.2, 0.25) is 0 Å². The van der Waals surface area contributed by atoms with E-state index in [-0.39, 0.29) is 23.3 Å². The molecular formula is C13H17N3O3. The molecule has 2 N–H and O–H groups in total. The van der Waals surface area contributed by atoms with Crippen molar-refractivity contribution in [3.63, 3.8) is 0 Å². The van der Waals surface area contributed by atoms with Gasteiger partial charge in [-0.05, 0) is 38.1 Å². The summed E-state index contributed by atoms with van der Waals surface area (Å²) in [7, 11) is 1.74. The lowest BCUT2D eigenvalue weighted by molar-refractivity contribution is 0.0686. The molecule has 0 saturated carbocycles. The first-order valence-corrected chi connectivity index (χ1v) is 6.28. The maximum Gasteiger partial charge on any atom is 0.354 e. The summed E-state index contributed by atoms with van der Waals surface area (Å²) in [6.45, 7) is 1.79. The van der Waals surface area contributed by atoms with E-state index in [9.17, 15) is 9.59 Å². The number of aromatic nitrogens is 1. The van der Waals surface area contributed by atoms with Crippen LogP contribution in [0, 0.1) is 0 Å². The van der Waals surface area contributed by atoms with Crippen LogP contribution in [0.1, 0.15) is 33.8 Å². The first-order valence-electron chi connectivity index (χ1n) is 6.28. The predicted octanol–water partition coefficient (Wildman–Crippen LogP) is 0.604. The Balaban J connectivity index is 2.14. The largest absolute Gasteiger partial charge is 0.477 e. The lowest BCUT2D eigenvalue weighted by Gasteiger charge is -2.31. The van der Waals surface area contributed by atoms with Crippen molar-refractivity contribution < 1.29 is 14.7 Å². The Bertz CT molecular complexity index is 484. The molecule has 1 fully saturated rings. The molecule has 6 nitrogen and oxygen atoms in total. The van der Waals surface area contributed by atoms with Gasteiger partial charge in [-0.3, -0.25) is 4.79 Å². The van der Waals surface area contributed by atoms with Gasteiger partial charge in [-0.25, -0.2) is 9.78 Å². The summed E-state index contributed by atoms with van der Waals surface area (Å²) in [5.74, 6) is -1.35. The second kappa shape index (κ2) is 5.79. The molecule has 2 heterocycles. The Morgan fingerprint density at radius 1 is 1.32 bits per heavy atom. The summed E-state index contributed by atoms with van der Waals surface area (Å²) in [5.41, 5.74) is 0.0745. The zero-order valence-corrected chi connectivity index (χ0v) is 10.8. The lowest BCUT2D eigenvalue weighted by Crippen LogP contribution is -2.44. The minimum Gasteiger partial charge on any atom is -0.477 e. The monoisotopic (exact) mass is 263 g/mol. The number of carbonyl (C=O) groups excluding carboxylic acids is 1. The van der Waals surface area contributed by atoms with E-state index in [1.165, 1.54) is 6.07 Å². The maximum absolute atomic E-state index is 12.3. The van der Waals surface area contributed by atoms with Crippen molar-refractivity contribution in [2.24, 2.45) is 0 Å². The zero-order chi connectivity index (χ0) is 13.8. The molecule has 1 aromatic rings. The Morgan fingerprint density at radius 2 is 1.95 bits per heavy atom. The van der Waals surface area contributed by atoms with E-state index in [0.717, 1.165) is 25.9 Å². The second-order valence-corrected chi connectivity index (χ2v) is 4.61. The smallest absolute Gasteiger partial charge is 0.354 e. The summed E-state index contributed by atoms with van der Waals surface area (Å²) in [4.78, 5) is 28.7. The number of nitrogens with one attached hydrogen (secondary N) is 1. The summed E-state index contributed by atoms with van der Waals surface area (Å²) in [6, 6.07) is 4.65. The summed E-state index contributed by atoms with van der Waals surface area (Å²) in [5, 5.41) is 12.1. The fourth-order valence-electron chi connectivity index (χ4n) is 2.21. The Hall–Kier alpha value is -1.95. The van der Waals surface area contributed by atoms with E-state index in [1.807, 2.05) is 0 Å². The molecule has 1 aliphatic rings. The van der Waals surface area contributed by atoms with Crippen LogP contribution in [-0.4, -0.2) is 53.0 Å². The number of pyridine rings is 1. The number of carboxylic acids is 1. The van der Waals surface area contributed by atoms with Crippen LogP contribution in [0.5, 0.6) is 0 Å². The molecule has 0 radical (unpaired) electrons. The molecule has 0 bridgehead atoms. The fourth-order valence-corrected chi connectivity index (χ4v) is 2.21. The number of hydrogen-bond acceptors (Lipinski definition) is 4. The van der Waals surface area contributed by atoms with Gasteiger partial charge in [-0.2, -0.15) is 0 Å². The minimum absolute atomic E-state index is 0.107. The fraction of sp³-hybridized carbons (Fsp3) is 0.462. The molecule has 0 aliphatic carbocycles. The number of aromatic carboxylic acids is 1. The molecular weight excluding hydrogens is 246 g/mol. The topological polar surface area (TPSA) is 82.5 Å². The van der Waals surface area contributed by atoms with Crippen LogP contribution < -0.4 is 5.32 Å². The van der Waals surface area contributed by atoms with E-state index in [4.69, 9.17) is 5.11 Å². The third-order valence-corrected chi connectivity index (χ3v) is 3.36. The molecule has 1 aromatic heterocycles. The third kappa shape index (κ3) is 3.08. The third-order valence-electron chi connectivity index (χ3n) is 3.36. The summed E-state index contributed by atoms with van der Waals surface area (Å²) in [6.07, 6.45) is 1.81. The van der Waals surface area contributed by atoms with Crippen LogP contribution in [0.15, 0.2) is 18.2 Å². The SMILES string of the molecule is CN(C(=O)c1cccc(C(=O)O)n1)C1CCNCC1. The van der Waals surface area contributed by atoms with Gasteiger partial charge in [0.15, 0.2) is 0 Å². The van der Waals surface area contributed by atoms with E-state index in [0.29, 0.717) is 0 Å². The van der Waals surface area contributed by atoms with Crippen molar-refractivity contribution in [1.82, 2.24) is 15.2 Å². The van der Waals surface area contributed by atoms with Gasteiger partial charge in [0.05, 0.1) is 0 Å². The predicted molar refractivity (Wildman–Crippen MR) is 69.2 cm³/mol. The highest BCUT2D eigenvalue weighted by Crippen LogP contribution is 2.13. The molecule has 0 atom stereocenters. The van der Waals surface area contributed by atoms with Crippen molar-refractivity contribution >= 4 is 11.9 Å². The van der Waals surface area contributed by atoms with Gasteiger partial charge in [0, 0.05) is 13.1 Å². The van der Waals surface area contributed by atoms with Gasteiger partial charge in [-0.15, -0.1) is 0 Å². The Labute approximate surface area is 111 Å². The highest BCUT2D eigenvalue weighted by atomic mass is 16.4. The van der Waals surface area contributed by atoms with Crippen molar-refractivity contribution in [3.05, 3.63) is 29.6 Å². The van der Waals surface area contributed by atoms with Crippen molar-refractivity contribution in [1.29, 1.82) is 0 Å². The van der Waals surface area contributed by atoms with Crippen molar-refractivity contribution in [3.8, 4) is 0 Å². The highest BCUT2D eigenvalue weighted by molar-refractivity contribution is 5.94. The zero-order valence-electron chi connectivity index (χ0n) is 10.8. The molecule has 19 heavy (non-hydrogen) atoms. The molecule has 102 valence electrons. The van der Waals surface area contributed by atoms with Crippen LogP contribution in [0.3, 0.4) is 0 Å². The van der Waals surface area contributed by atoms with Crippen LogP contribution in [0.2, 0.25) is 0 Å². The molecule has 2 rings (SSSR count). The van der Waals surface area contributed by atoms with E-state index in [2.05, 4.69) is 10.3 Å².